The maximum absolute atomic E-state index is 12.0. The number of aryl methyl sites for hydroxylation is 1. The molecule has 0 fully saturated rings. The van der Waals surface area contributed by atoms with E-state index >= 15 is 0 Å². The van der Waals surface area contributed by atoms with Crippen molar-refractivity contribution in [3.63, 3.8) is 0 Å². The number of carbonyl (C=O) groups excluding carboxylic acids is 1. The van der Waals surface area contributed by atoms with Crippen LogP contribution in [0.3, 0.4) is 0 Å². The minimum Gasteiger partial charge on any atom is -0.294 e. The van der Waals surface area contributed by atoms with Crippen molar-refractivity contribution in [1.29, 1.82) is 0 Å². The molecule has 2 heteroatoms. The Kier molecular flexibility index (Phi) is 4.52. The molecule has 1 atom stereocenters. The van der Waals surface area contributed by atoms with Crippen LogP contribution in [0.4, 0.5) is 0 Å². The first-order valence-corrected chi connectivity index (χ1v) is 6.16. The van der Waals surface area contributed by atoms with Gasteiger partial charge in [0.15, 0.2) is 5.78 Å². The monoisotopic (exact) mass is 268 g/mol. The molecule has 0 aliphatic rings. The highest BCUT2D eigenvalue weighted by molar-refractivity contribution is 9.10. The van der Waals surface area contributed by atoms with Gasteiger partial charge in [-0.3, -0.25) is 4.79 Å². The molecule has 0 bridgehead atoms. The number of rotatable bonds is 4. The third-order valence-corrected chi connectivity index (χ3v) is 3.22. The quantitative estimate of drug-likeness (QED) is 0.741. The van der Waals surface area contributed by atoms with Crippen molar-refractivity contribution in [3.8, 4) is 0 Å². The fraction of sp³-hybridized carbons (Fsp3) is 0.462. The van der Waals surface area contributed by atoms with Gasteiger partial charge in [-0.15, -0.1) is 0 Å². The van der Waals surface area contributed by atoms with Crippen molar-refractivity contribution in [3.05, 3.63) is 33.8 Å². The van der Waals surface area contributed by atoms with E-state index in [9.17, 15) is 4.79 Å². The highest BCUT2D eigenvalue weighted by atomic mass is 79.9. The average Bonchev–Trinajstić information content (AvgIpc) is 2.17. The summed E-state index contributed by atoms with van der Waals surface area (Å²) in [4.78, 5) is 12.0. The molecule has 1 aromatic carbocycles. The summed E-state index contributed by atoms with van der Waals surface area (Å²) >= 11 is 3.45. The zero-order valence-corrected chi connectivity index (χ0v) is 11.1. The van der Waals surface area contributed by atoms with Gasteiger partial charge in [0.25, 0.3) is 0 Å². The first-order chi connectivity index (χ1) is 7.06. The van der Waals surface area contributed by atoms with Gasteiger partial charge in [-0.05, 0) is 31.0 Å². The van der Waals surface area contributed by atoms with E-state index < -0.39 is 0 Å². The summed E-state index contributed by atoms with van der Waals surface area (Å²) < 4.78 is 0.912. The summed E-state index contributed by atoms with van der Waals surface area (Å²) in [6.45, 7) is 6.13. The van der Waals surface area contributed by atoms with Gasteiger partial charge >= 0.3 is 0 Å². The molecule has 0 saturated heterocycles. The molecule has 0 aromatic heterocycles. The normalized spacial score (nSPS) is 12.5. The Balaban J connectivity index is 2.91. The third-order valence-electron chi connectivity index (χ3n) is 2.56. The van der Waals surface area contributed by atoms with Gasteiger partial charge in [0, 0.05) is 16.0 Å². The van der Waals surface area contributed by atoms with Crippen molar-refractivity contribution in [2.45, 2.75) is 33.6 Å². The number of ketones is 1. The summed E-state index contributed by atoms with van der Waals surface area (Å²) in [6.07, 6.45) is 2.01. The number of carbonyl (C=O) groups is 1. The minimum absolute atomic E-state index is 0.119. The van der Waals surface area contributed by atoms with Crippen LogP contribution in [0, 0.1) is 12.8 Å². The molecule has 15 heavy (non-hydrogen) atoms. The zero-order valence-electron chi connectivity index (χ0n) is 9.51. The minimum atomic E-state index is 0.119. The number of hydrogen-bond donors (Lipinski definition) is 0. The number of hydrogen-bond acceptors (Lipinski definition) is 1. The highest BCUT2D eigenvalue weighted by Crippen LogP contribution is 2.22. The molecule has 1 aromatic rings. The fourth-order valence-electron chi connectivity index (χ4n) is 1.65. The van der Waals surface area contributed by atoms with Crippen LogP contribution in [0.25, 0.3) is 0 Å². The van der Waals surface area contributed by atoms with Crippen molar-refractivity contribution in [2.75, 3.05) is 0 Å². The summed E-state index contributed by atoms with van der Waals surface area (Å²) in [5.41, 5.74) is 1.98. The van der Waals surface area contributed by atoms with Crippen LogP contribution in [0.15, 0.2) is 22.7 Å². The Morgan fingerprint density at radius 1 is 1.47 bits per heavy atom. The van der Waals surface area contributed by atoms with Crippen molar-refractivity contribution >= 4 is 21.7 Å². The summed E-state index contributed by atoms with van der Waals surface area (Å²) in [5.74, 6) is 0.359. The largest absolute Gasteiger partial charge is 0.294 e. The number of Topliss-reactive ketones (excluding diaryl/α,β-unsaturated/α-hetero) is 1. The summed E-state index contributed by atoms with van der Waals surface area (Å²) in [6, 6.07) is 5.89. The molecule has 0 heterocycles. The van der Waals surface area contributed by atoms with Crippen LogP contribution in [-0.4, -0.2) is 5.78 Å². The second-order valence-electron chi connectivity index (χ2n) is 4.04. The molecule has 0 amide bonds. The Hall–Kier alpha value is -0.630. The number of benzene rings is 1. The highest BCUT2D eigenvalue weighted by Gasteiger charge is 2.16. The topological polar surface area (TPSA) is 17.1 Å². The molecule has 0 radical (unpaired) electrons. The fourth-order valence-corrected chi connectivity index (χ4v) is 2.34. The second-order valence-corrected chi connectivity index (χ2v) is 4.89. The molecular weight excluding hydrogens is 252 g/mol. The van der Waals surface area contributed by atoms with Crippen molar-refractivity contribution in [2.24, 2.45) is 5.92 Å². The predicted octanol–water partition coefficient (Wildman–Crippen LogP) is 4.38. The lowest BCUT2D eigenvalue weighted by Gasteiger charge is -2.10. The smallest absolute Gasteiger partial charge is 0.166 e. The predicted molar refractivity (Wildman–Crippen MR) is 67.3 cm³/mol. The van der Waals surface area contributed by atoms with Crippen LogP contribution >= 0.6 is 15.9 Å². The lowest BCUT2D eigenvalue weighted by atomic mass is 9.95. The van der Waals surface area contributed by atoms with Gasteiger partial charge in [0.05, 0.1) is 0 Å². The lowest BCUT2D eigenvalue weighted by molar-refractivity contribution is 0.0923. The van der Waals surface area contributed by atoms with Gasteiger partial charge in [-0.1, -0.05) is 42.3 Å². The van der Waals surface area contributed by atoms with Crippen molar-refractivity contribution in [1.82, 2.24) is 0 Å². The maximum Gasteiger partial charge on any atom is 0.166 e. The van der Waals surface area contributed by atoms with Gasteiger partial charge < -0.3 is 0 Å². The van der Waals surface area contributed by atoms with E-state index in [1.165, 1.54) is 5.56 Å². The van der Waals surface area contributed by atoms with Gasteiger partial charge in [0.1, 0.15) is 0 Å². The van der Waals surface area contributed by atoms with Crippen LogP contribution < -0.4 is 0 Å². The Bertz CT molecular complexity index is 358. The SMILES string of the molecule is CCCC(C)C(=O)c1ccc(C)cc1Br. The third kappa shape index (κ3) is 3.16. The van der Waals surface area contributed by atoms with Crippen LogP contribution in [-0.2, 0) is 0 Å². The molecule has 1 rings (SSSR count). The Morgan fingerprint density at radius 3 is 2.67 bits per heavy atom. The van der Waals surface area contributed by atoms with E-state index in [1.807, 2.05) is 32.0 Å². The van der Waals surface area contributed by atoms with Gasteiger partial charge in [-0.25, -0.2) is 0 Å². The zero-order chi connectivity index (χ0) is 11.4. The second kappa shape index (κ2) is 5.45. The Labute approximate surface area is 100 Å². The van der Waals surface area contributed by atoms with E-state index in [4.69, 9.17) is 0 Å². The van der Waals surface area contributed by atoms with E-state index in [2.05, 4.69) is 22.9 Å². The average molecular weight is 269 g/mol. The van der Waals surface area contributed by atoms with Gasteiger partial charge in [0.2, 0.25) is 0 Å². The molecule has 1 unspecified atom stereocenters. The first kappa shape index (κ1) is 12.4. The summed E-state index contributed by atoms with van der Waals surface area (Å²) in [5, 5.41) is 0. The van der Waals surface area contributed by atoms with Gasteiger partial charge in [-0.2, -0.15) is 0 Å². The Morgan fingerprint density at radius 2 is 2.13 bits per heavy atom. The molecule has 1 nitrogen and oxygen atoms in total. The molecule has 0 N–H and O–H groups in total. The lowest BCUT2D eigenvalue weighted by Crippen LogP contribution is -2.11. The standard InChI is InChI=1S/C13H17BrO/c1-4-5-10(3)13(15)11-7-6-9(2)8-12(11)14/h6-8,10H,4-5H2,1-3H3. The molecule has 0 aliphatic heterocycles. The van der Waals surface area contributed by atoms with E-state index in [1.54, 1.807) is 0 Å². The molecular formula is C13H17BrO. The van der Waals surface area contributed by atoms with Crippen molar-refractivity contribution < 1.29 is 4.79 Å². The maximum atomic E-state index is 12.0. The first-order valence-electron chi connectivity index (χ1n) is 5.36. The number of halogens is 1. The van der Waals surface area contributed by atoms with Crippen LogP contribution in [0.1, 0.15) is 42.6 Å². The van der Waals surface area contributed by atoms with E-state index in [0.29, 0.717) is 0 Å². The van der Waals surface area contributed by atoms with E-state index in [0.717, 1.165) is 22.9 Å². The molecule has 82 valence electrons. The molecule has 0 aliphatic carbocycles. The summed E-state index contributed by atoms with van der Waals surface area (Å²) in [7, 11) is 0. The van der Waals surface area contributed by atoms with E-state index in [-0.39, 0.29) is 11.7 Å². The molecule has 0 spiro atoms. The van der Waals surface area contributed by atoms with Crippen LogP contribution in [0.2, 0.25) is 0 Å². The van der Waals surface area contributed by atoms with Crippen LogP contribution in [0.5, 0.6) is 0 Å². The molecule has 0 saturated carbocycles.